The van der Waals surface area contributed by atoms with Crippen molar-refractivity contribution in [3.05, 3.63) is 54.1 Å². The second-order valence-corrected chi connectivity index (χ2v) is 9.56. The Morgan fingerprint density at radius 1 is 1.04 bits per heavy atom. The molecule has 6 nitrogen and oxygen atoms in total. The first-order valence-corrected chi connectivity index (χ1v) is 10.6. The molecule has 28 heavy (non-hydrogen) atoms. The molecule has 7 heteroatoms. The van der Waals surface area contributed by atoms with Crippen LogP contribution in [0.3, 0.4) is 0 Å². The molecule has 152 valence electrons. The summed E-state index contributed by atoms with van der Waals surface area (Å²) in [7, 11) is -0.548. The van der Waals surface area contributed by atoms with Crippen LogP contribution in [-0.4, -0.2) is 39.3 Å². The summed E-state index contributed by atoms with van der Waals surface area (Å²) in [5.41, 5.74) is 1.83. The van der Waals surface area contributed by atoms with E-state index < -0.39 is 10.0 Å². The number of carbonyl (C=O) groups is 1. The van der Waals surface area contributed by atoms with Crippen molar-refractivity contribution in [1.82, 2.24) is 4.31 Å². The van der Waals surface area contributed by atoms with Crippen LogP contribution in [0.1, 0.15) is 32.8 Å². The highest BCUT2D eigenvalue weighted by Crippen LogP contribution is 2.28. The van der Waals surface area contributed by atoms with Gasteiger partial charge in [0.25, 0.3) is 5.91 Å². The number of anilines is 1. The first kappa shape index (κ1) is 21.9. The zero-order chi connectivity index (χ0) is 20.9. The lowest BCUT2D eigenvalue weighted by Crippen LogP contribution is -2.22. The zero-order valence-electron chi connectivity index (χ0n) is 17.0. The maximum absolute atomic E-state index is 12.1. The second-order valence-electron chi connectivity index (χ2n) is 7.41. The summed E-state index contributed by atoms with van der Waals surface area (Å²) in [4.78, 5) is 12.3. The van der Waals surface area contributed by atoms with Crippen molar-refractivity contribution in [2.75, 3.05) is 26.0 Å². The highest BCUT2D eigenvalue weighted by Gasteiger charge is 2.18. The lowest BCUT2D eigenvalue weighted by Gasteiger charge is -2.23. The van der Waals surface area contributed by atoms with Crippen molar-refractivity contribution >= 4 is 21.6 Å². The number of rotatable bonds is 8. The molecular weight excluding hydrogens is 376 g/mol. The molecule has 2 aromatic rings. The van der Waals surface area contributed by atoms with Crippen LogP contribution in [0, 0.1) is 0 Å². The van der Waals surface area contributed by atoms with Crippen molar-refractivity contribution in [3.8, 4) is 5.75 Å². The van der Waals surface area contributed by atoms with Gasteiger partial charge in [-0.25, -0.2) is 12.7 Å². The van der Waals surface area contributed by atoms with Gasteiger partial charge in [0, 0.05) is 19.8 Å². The normalized spacial score (nSPS) is 12.1. The third-order valence-electron chi connectivity index (χ3n) is 4.81. The van der Waals surface area contributed by atoms with E-state index in [2.05, 4.69) is 26.1 Å². The molecule has 0 saturated carbocycles. The number of benzene rings is 2. The van der Waals surface area contributed by atoms with Crippen LogP contribution >= 0.6 is 0 Å². The minimum absolute atomic E-state index is 0.0993. The Kier molecular flexibility index (Phi) is 6.85. The van der Waals surface area contributed by atoms with Crippen molar-refractivity contribution < 1.29 is 17.9 Å². The molecule has 1 N–H and O–H groups in total. The minimum Gasteiger partial charge on any atom is -0.484 e. The molecule has 0 unspecified atom stereocenters. The number of ether oxygens (including phenoxy) is 1. The second kappa shape index (κ2) is 8.75. The van der Waals surface area contributed by atoms with Gasteiger partial charge in [0.15, 0.2) is 6.61 Å². The summed E-state index contributed by atoms with van der Waals surface area (Å²) in [6, 6.07) is 13.8. The van der Waals surface area contributed by atoms with Crippen molar-refractivity contribution in [1.29, 1.82) is 0 Å². The van der Waals surface area contributed by atoms with Crippen molar-refractivity contribution in [2.24, 2.45) is 0 Å². The van der Waals surface area contributed by atoms with Crippen molar-refractivity contribution in [2.45, 2.75) is 37.5 Å². The van der Waals surface area contributed by atoms with Crippen molar-refractivity contribution in [3.63, 3.8) is 0 Å². The van der Waals surface area contributed by atoms with Crippen LogP contribution in [-0.2, 0) is 20.2 Å². The van der Waals surface area contributed by atoms with E-state index in [-0.39, 0.29) is 22.8 Å². The van der Waals surface area contributed by atoms with Crippen LogP contribution in [0.25, 0.3) is 0 Å². The van der Waals surface area contributed by atoms with Crippen LogP contribution in [0.4, 0.5) is 5.69 Å². The molecule has 0 atom stereocenters. The number of nitrogens with one attached hydrogen (secondary N) is 1. The Hall–Kier alpha value is -2.38. The molecule has 0 aliphatic heterocycles. The summed E-state index contributed by atoms with van der Waals surface area (Å²) in [5, 5.41) is 2.69. The van der Waals surface area contributed by atoms with E-state index in [4.69, 9.17) is 4.74 Å². The molecule has 0 saturated heterocycles. The van der Waals surface area contributed by atoms with Gasteiger partial charge in [0.05, 0.1) is 4.90 Å². The number of sulfonamides is 1. The van der Waals surface area contributed by atoms with Gasteiger partial charge >= 0.3 is 0 Å². The molecule has 1 amide bonds. The molecule has 0 heterocycles. The number of nitrogens with zero attached hydrogens (tertiary/aromatic N) is 1. The summed E-state index contributed by atoms with van der Waals surface area (Å²) >= 11 is 0. The Balaban J connectivity index is 1.92. The van der Waals surface area contributed by atoms with E-state index in [0.29, 0.717) is 11.4 Å². The van der Waals surface area contributed by atoms with Crippen LogP contribution in [0.15, 0.2) is 53.4 Å². The lowest BCUT2D eigenvalue weighted by molar-refractivity contribution is -0.118. The van der Waals surface area contributed by atoms with Gasteiger partial charge in [-0.2, -0.15) is 0 Å². The van der Waals surface area contributed by atoms with Gasteiger partial charge in [-0.15, -0.1) is 0 Å². The number of amides is 1. The monoisotopic (exact) mass is 404 g/mol. The highest BCUT2D eigenvalue weighted by atomic mass is 32.2. The van der Waals surface area contributed by atoms with E-state index in [9.17, 15) is 13.2 Å². The van der Waals surface area contributed by atoms with Gasteiger partial charge in [0.2, 0.25) is 10.0 Å². The Bertz CT molecular complexity index is 902. The standard InChI is InChI=1S/C21H28N2O4S/c1-6-21(2,3)16-7-11-18(12-8-16)27-15-20(24)22-17-9-13-19(14-10-17)28(25,26)23(4)5/h7-14H,6,15H2,1-5H3,(H,22,24). The van der Waals surface area contributed by atoms with Gasteiger partial charge < -0.3 is 10.1 Å². The third-order valence-corrected chi connectivity index (χ3v) is 6.64. The van der Waals surface area contributed by atoms with Gasteiger partial charge in [-0.3, -0.25) is 4.79 Å². The lowest BCUT2D eigenvalue weighted by atomic mass is 9.82. The highest BCUT2D eigenvalue weighted by molar-refractivity contribution is 7.89. The summed E-state index contributed by atoms with van der Waals surface area (Å²) in [6.07, 6.45) is 1.03. The van der Waals surface area contributed by atoms with Crippen LogP contribution < -0.4 is 10.1 Å². The SMILES string of the molecule is CCC(C)(C)c1ccc(OCC(=O)Nc2ccc(S(=O)(=O)N(C)C)cc2)cc1. The Morgan fingerprint density at radius 3 is 2.11 bits per heavy atom. The van der Waals surface area contributed by atoms with Crippen LogP contribution in [0.2, 0.25) is 0 Å². The van der Waals surface area contributed by atoms with E-state index in [1.165, 1.54) is 31.8 Å². The quantitative estimate of drug-likeness (QED) is 0.729. The molecule has 2 aromatic carbocycles. The van der Waals surface area contributed by atoms with Gasteiger partial charge in [-0.05, 0) is 53.8 Å². The molecule has 0 aliphatic rings. The molecule has 0 bridgehead atoms. The maximum atomic E-state index is 12.1. The summed E-state index contributed by atoms with van der Waals surface area (Å²) < 4.78 is 30.8. The van der Waals surface area contributed by atoms with E-state index >= 15 is 0 Å². The first-order valence-electron chi connectivity index (χ1n) is 9.12. The molecule has 0 aliphatic carbocycles. The molecule has 0 radical (unpaired) electrons. The van der Waals surface area contributed by atoms with Gasteiger partial charge in [0.1, 0.15) is 5.75 Å². The summed E-state index contributed by atoms with van der Waals surface area (Å²) in [5.74, 6) is 0.305. The average molecular weight is 405 g/mol. The maximum Gasteiger partial charge on any atom is 0.262 e. The number of carbonyl (C=O) groups excluding carboxylic acids is 1. The molecule has 2 rings (SSSR count). The zero-order valence-corrected chi connectivity index (χ0v) is 17.8. The topological polar surface area (TPSA) is 75.7 Å². The molecule has 0 fully saturated rings. The molecule has 0 spiro atoms. The number of hydrogen-bond acceptors (Lipinski definition) is 4. The minimum atomic E-state index is -3.49. The Morgan fingerprint density at radius 2 is 1.61 bits per heavy atom. The Labute approximate surface area is 167 Å². The summed E-state index contributed by atoms with van der Waals surface area (Å²) in [6.45, 7) is 6.39. The average Bonchev–Trinajstić information content (AvgIpc) is 2.67. The van der Waals surface area contributed by atoms with E-state index in [1.807, 2.05) is 24.3 Å². The predicted molar refractivity (Wildman–Crippen MR) is 111 cm³/mol. The molecule has 0 aromatic heterocycles. The number of hydrogen-bond donors (Lipinski definition) is 1. The third kappa shape index (κ3) is 5.33. The fourth-order valence-electron chi connectivity index (χ4n) is 2.47. The smallest absolute Gasteiger partial charge is 0.262 e. The molecular formula is C21H28N2O4S. The largest absolute Gasteiger partial charge is 0.484 e. The van der Waals surface area contributed by atoms with E-state index in [0.717, 1.165) is 10.7 Å². The van der Waals surface area contributed by atoms with Crippen LogP contribution in [0.5, 0.6) is 5.75 Å². The fraction of sp³-hybridized carbons (Fsp3) is 0.381. The fourth-order valence-corrected chi connectivity index (χ4v) is 3.38. The van der Waals surface area contributed by atoms with Gasteiger partial charge in [-0.1, -0.05) is 32.9 Å². The predicted octanol–water partition coefficient (Wildman–Crippen LogP) is 3.64. The van der Waals surface area contributed by atoms with E-state index in [1.54, 1.807) is 12.1 Å². The first-order chi connectivity index (χ1) is 13.1.